The molecule has 0 saturated heterocycles. The average molecular weight is 298 g/mol. The molecule has 4 heteroatoms. The number of allylic oxidation sites excluding steroid dienone is 1. The largest absolute Gasteiger partial charge is 0.494 e. The van der Waals surface area contributed by atoms with Gasteiger partial charge in [0, 0.05) is 13.2 Å². The molecule has 0 saturated carbocycles. The third kappa shape index (κ3) is 4.88. The van der Waals surface area contributed by atoms with Crippen molar-refractivity contribution in [3.8, 4) is 5.75 Å². The lowest BCUT2D eigenvalue weighted by Gasteiger charge is -2.05. The minimum absolute atomic E-state index is 0.0482. The normalized spacial score (nSPS) is 11.0. The van der Waals surface area contributed by atoms with Gasteiger partial charge in [0.2, 0.25) is 0 Å². The minimum Gasteiger partial charge on any atom is -0.494 e. The van der Waals surface area contributed by atoms with Crippen LogP contribution in [0.2, 0.25) is 0 Å². The summed E-state index contributed by atoms with van der Waals surface area (Å²) in [5.41, 5.74) is 1.56. The van der Waals surface area contributed by atoms with E-state index in [2.05, 4.69) is 12.0 Å². The van der Waals surface area contributed by atoms with Crippen molar-refractivity contribution < 1.29 is 9.53 Å². The highest BCUT2D eigenvalue weighted by atomic mass is 16.5. The Bertz CT molecular complexity index is 627. The molecule has 2 rings (SSSR count). The molecule has 1 aromatic carbocycles. The van der Waals surface area contributed by atoms with E-state index in [1.807, 2.05) is 24.3 Å². The third-order valence-corrected chi connectivity index (χ3v) is 3.31. The summed E-state index contributed by atoms with van der Waals surface area (Å²) in [7, 11) is 1.79. The minimum atomic E-state index is -0.0482. The number of hydrogen-bond donors (Lipinski definition) is 0. The molecular weight excluding hydrogens is 276 g/mol. The van der Waals surface area contributed by atoms with Gasteiger partial charge < -0.3 is 4.74 Å². The van der Waals surface area contributed by atoms with Gasteiger partial charge in [0.15, 0.2) is 5.78 Å². The first kappa shape index (κ1) is 16.0. The van der Waals surface area contributed by atoms with Crippen LogP contribution in [0.5, 0.6) is 5.75 Å². The molecule has 0 bridgehead atoms. The van der Waals surface area contributed by atoms with Gasteiger partial charge >= 0.3 is 0 Å². The number of unbranched alkanes of at least 4 members (excludes halogenated alkanes) is 2. The molecule has 0 aliphatic heterocycles. The predicted molar refractivity (Wildman–Crippen MR) is 88.0 cm³/mol. The average Bonchev–Trinajstić information content (AvgIpc) is 2.97. The van der Waals surface area contributed by atoms with Crippen LogP contribution in [0.15, 0.2) is 42.7 Å². The molecule has 1 aromatic heterocycles. The van der Waals surface area contributed by atoms with Gasteiger partial charge in [-0.2, -0.15) is 5.10 Å². The smallest absolute Gasteiger partial charge is 0.189 e. The predicted octanol–water partition coefficient (Wildman–Crippen LogP) is 3.89. The van der Waals surface area contributed by atoms with Crippen LogP contribution in [0.3, 0.4) is 0 Å². The number of aromatic nitrogens is 2. The van der Waals surface area contributed by atoms with Crippen molar-refractivity contribution in [3.05, 3.63) is 53.9 Å². The Hall–Kier alpha value is -2.36. The monoisotopic (exact) mass is 298 g/mol. The second kappa shape index (κ2) is 8.17. The number of carbonyl (C=O) groups excluding carboxylic acids is 1. The molecule has 22 heavy (non-hydrogen) atoms. The molecule has 0 amide bonds. The number of benzene rings is 1. The lowest BCUT2D eigenvalue weighted by atomic mass is 10.1. The van der Waals surface area contributed by atoms with E-state index in [1.165, 1.54) is 12.8 Å². The summed E-state index contributed by atoms with van der Waals surface area (Å²) in [6, 6.07) is 7.75. The fraction of sp³-hybridized carbons (Fsp3) is 0.333. The zero-order chi connectivity index (χ0) is 15.8. The third-order valence-electron chi connectivity index (χ3n) is 3.31. The number of hydrogen-bond acceptors (Lipinski definition) is 3. The van der Waals surface area contributed by atoms with Crippen molar-refractivity contribution >= 4 is 11.9 Å². The molecule has 4 nitrogen and oxygen atoms in total. The van der Waals surface area contributed by atoms with Crippen molar-refractivity contribution in [1.29, 1.82) is 0 Å². The van der Waals surface area contributed by atoms with E-state index in [9.17, 15) is 4.79 Å². The molecule has 0 fully saturated rings. The van der Waals surface area contributed by atoms with E-state index < -0.39 is 0 Å². The van der Waals surface area contributed by atoms with Crippen LogP contribution >= 0.6 is 0 Å². The van der Waals surface area contributed by atoms with Crippen LogP contribution in [0.4, 0.5) is 0 Å². The molecule has 0 spiro atoms. The van der Waals surface area contributed by atoms with E-state index in [0.29, 0.717) is 5.56 Å². The van der Waals surface area contributed by atoms with Crippen LogP contribution in [0.25, 0.3) is 6.08 Å². The number of ketones is 1. The number of nitrogens with zero attached hydrogens (tertiary/aromatic N) is 2. The van der Waals surface area contributed by atoms with E-state index >= 15 is 0 Å². The van der Waals surface area contributed by atoms with Gasteiger partial charge in [0.1, 0.15) is 5.75 Å². The fourth-order valence-electron chi connectivity index (χ4n) is 2.03. The molecule has 0 unspecified atom stereocenters. The van der Waals surface area contributed by atoms with Crippen molar-refractivity contribution in [3.63, 3.8) is 0 Å². The maximum atomic E-state index is 11.9. The summed E-state index contributed by atoms with van der Waals surface area (Å²) in [4.78, 5) is 11.9. The van der Waals surface area contributed by atoms with Gasteiger partial charge in [-0.3, -0.25) is 9.48 Å². The Labute approximate surface area is 131 Å². The molecule has 0 aliphatic carbocycles. The first-order chi connectivity index (χ1) is 10.7. The van der Waals surface area contributed by atoms with Crippen LogP contribution in [0.1, 0.15) is 42.1 Å². The first-order valence-corrected chi connectivity index (χ1v) is 7.63. The standard InChI is InChI=1S/C18H22N2O2/c1-3-4-5-12-22-17-9-6-15(7-10-17)8-11-18(21)16-13-19-20(2)14-16/h6-11,13-14H,3-5,12H2,1-2H3. The summed E-state index contributed by atoms with van der Waals surface area (Å²) < 4.78 is 7.28. The Morgan fingerprint density at radius 3 is 2.68 bits per heavy atom. The molecule has 116 valence electrons. The van der Waals surface area contributed by atoms with E-state index in [0.717, 1.165) is 24.3 Å². The van der Waals surface area contributed by atoms with E-state index in [4.69, 9.17) is 4.74 Å². The number of carbonyl (C=O) groups is 1. The second-order valence-corrected chi connectivity index (χ2v) is 5.22. The van der Waals surface area contributed by atoms with Gasteiger partial charge in [0.05, 0.1) is 18.4 Å². The topological polar surface area (TPSA) is 44.1 Å². The molecule has 1 heterocycles. The molecule has 0 radical (unpaired) electrons. The summed E-state index contributed by atoms with van der Waals surface area (Å²) in [5, 5.41) is 3.99. The number of ether oxygens (including phenoxy) is 1. The van der Waals surface area contributed by atoms with Crippen LogP contribution in [0, 0.1) is 0 Å². The maximum Gasteiger partial charge on any atom is 0.189 e. The summed E-state index contributed by atoms with van der Waals surface area (Å²) in [6.07, 6.45) is 10.1. The molecule has 0 atom stereocenters. The fourth-order valence-corrected chi connectivity index (χ4v) is 2.03. The first-order valence-electron chi connectivity index (χ1n) is 7.63. The molecule has 0 N–H and O–H groups in total. The molecule has 2 aromatic rings. The van der Waals surface area contributed by atoms with Gasteiger partial charge in [-0.15, -0.1) is 0 Å². The summed E-state index contributed by atoms with van der Waals surface area (Å²) in [6.45, 7) is 2.93. The van der Waals surface area contributed by atoms with E-state index in [1.54, 1.807) is 36.3 Å². The highest BCUT2D eigenvalue weighted by Gasteiger charge is 2.03. The zero-order valence-electron chi connectivity index (χ0n) is 13.2. The summed E-state index contributed by atoms with van der Waals surface area (Å²) in [5.74, 6) is 0.819. The summed E-state index contributed by atoms with van der Waals surface area (Å²) >= 11 is 0. The van der Waals surface area contributed by atoms with Gasteiger partial charge in [-0.25, -0.2) is 0 Å². The SMILES string of the molecule is CCCCCOc1ccc(C=CC(=O)c2cnn(C)c2)cc1. The van der Waals surface area contributed by atoms with Crippen LogP contribution in [-0.4, -0.2) is 22.2 Å². The van der Waals surface area contributed by atoms with Crippen LogP contribution < -0.4 is 4.74 Å². The Kier molecular flexibility index (Phi) is 5.95. The Morgan fingerprint density at radius 2 is 2.05 bits per heavy atom. The second-order valence-electron chi connectivity index (χ2n) is 5.22. The number of aryl methyl sites for hydroxylation is 1. The molecular formula is C18H22N2O2. The van der Waals surface area contributed by atoms with Crippen molar-refractivity contribution in [2.75, 3.05) is 6.61 Å². The van der Waals surface area contributed by atoms with E-state index in [-0.39, 0.29) is 5.78 Å². The van der Waals surface area contributed by atoms with Crippen molar-refractivity contribution in [2.24, 2.45) is 7.05 Å². The van der Waals surface area contributed by atoms with Gasteiger partial charge in [-0.1, -0.05) is 38.0 Å². The van der Waals surface area contributed by atoms with Crippen molar-refractivity contribution in [1.82, 2.24) is 9.78 Å². The maximum absolute atomic E-state index is 11.9. The Balaban J connectivity index is 1.87. The quantitative estimate of drug-likeness (QED) is 0.422. The molecule has 0 aliphatic rings. The van der Waals surface area contributed by atoms with Gasteiger partial charge in [-0.05, 0) is 30.2 Å². The van der Waals surface area contributed by atoms with Crippen LogP contribution in [-0.2, 0) is 7.05 Å². The van der Waals surface area contributed by atoms with Gasteiger partial charge in [0.25, 0.3) is 0 Å². The van der Waals surface area contributed by atoms with Crippen molar-refractivity contribution in [2.45, 2.75) is 26.2 Å². The highest BCUT2D eigenvalue weighted by molar-refractivity contribution is 6.06. The highest BCUT2D eigenvalue weighted by Crippen LogP contribution is 2.14. The lowest BCUT2D eigenvalue weighted by Crippen LogP contribution is -1.96. The lowest BCUT2D eigenvalue weighted by molar-refractivity contribution is 0.104. The number of rotatable bonds is 8. The Morgan fingerprint density at radius 1 is 1.27 bits per heavy atom. The zero-order valence-corrected chi connectivity index (χ0v) is 13.2.